The van der Waals surface area contributed by atoms with Crippen LogP contribution in [0.4, 0.5) is 0 Å². The lowest BCUT2D eigenvalue weighted by Crippen LogP contribution is -2.22. The maximum Gasteiger partial charge on any atom is 0.248 e. The van der Waals surface area contributed by atoms with E-state index in [1.807, 2.05) is 26.0 Å². The standard InChI is InChI=1S/C11H15NO2/c1-11(2,7-13)9-5-3-8(4-6-9)10(12)14/h3-6,13H,7H2,1-2H3,(H2,12,14). The molecule has 0 radical (unpaired) electrons. The molecule has 0 unspecified atom stereocenters. The summed E-state index contributed by atoms with van der Waals surface area (Å²) >= 11 is 0. The van der Waals surface area contributed by atoms with Crippen LogP contribution in [0.5, 0.6) is 0 Å². The molecule has 3 nitrogen and oxygen atoms in total. The van der Waals surface area contributed by atoms with E-state index in [0.29, 0.717) is 5.56 Å². The first-order valence-corrected chi connectivity index (χ1v) is 4.48. The Kier molecular flexibility index (Phi) is 2.91. The average Bonchev–Trinajstić information content (AvgIpc) is 2.18. The lowest BCUT2D eigenvalue weighted by Gasteiger charge is -2.22. The Morgan fingerprint density at radius 3 is 2.21 bits per heavy atom. The number of carbonyl (C=O) groups excluding carboxylic acids is 1. The first-order chi connectivity index (χ1) is 6.47. The van der Waals surface area contributed by atoms with E-state index in [-0.39, 0.29) is 12.0 Å². The molecule has 0 bridgehead atoms. The lowest BCUT2D eigenvalue weighted by molar-refractivity contribution is 0.1000. The Hall–Kier alpha value is -1.35. The maximum atomic E-state index is 10.8. The Bertz CT molecular complexity index is 328. The number of benzene rings is 1. The van der Waals surface area contributed by atoms with Gasteiger partial charge in [0.05, 0.1) is 6.61 Å². The van der Waals surface area contributed by atoms with Crippen LogP contribution in [0.25, 0.3) is 0 Å². The molecule has 0 aliphatic rings. The van der Waals surface area contributed by atoms with Crippen LogP contribution in [0, 0.1) is 0 Å². The largest absolute Gasteiger partial charge is 0.395 e. The summed E-state index contributed by atoms with van der Waals surface area (Å²) in [6.07, 6.45) is 0. The lowest BCUT2D eigenvalue weighted by atomic mass is 9.85. The SMILES string of the molecule is CC(C)(CO)c1ccc(C(N)=O)cc1. The van der Waals surface area contributed by atoms with Crippen molar-refractivity contribution in [1.82, 2.24) is 0 Å². The highest BCUT2D eigenvalue weighted by molar-refractivity contribution is 5.92. The second-order valence-electron chi connectivity index (χ2n) is 3.98. The minimum absolute atomic E-state index is 0.0723. The normalized spacial score (nSPS) is 11.4. The van der Waals surface area contributed by atoms with Gasteiger partial charge in [-0.25, -0.2) is 0 Å². The van der Waals surface area contributed by atoms with E-state index in [4.69, 9.17) is 10.8 Å². The summed E-state index contributed by atoms with van der Waals surface area (Å²) in [4.78, 5) is 10.8. The van der Waals surface area contributed by atoms with E-state index in [1.165, 1.54) is 0 Å². The summed E-state index contributed by atoms with van der Waals surface area (Å²) in [5.74, 6) is -0.432. The van der Waals surface area contributed by atoms with Crippen LogP contribution in [-0.4, -0.2) is 17.6 Å². The molecule has 0 saturated carbocycles. The second-order valence-corrected chi connectivity index (χ2v) is 3.98. The van der Waals surface area contributed by atoms with Gasteiger partial charge in [-0.15, -0.1) is 0 Å². The number of nitrogens with two attached hydrogens (primary N) is 1. The van der Waals surface area contributed by atoms with E-state index in [9.17, 15) is 4.79 Å². The summed E-state index contributed by atoms with van der Waals surface area (Å²) in [6, 6.07) is 6.98. The maximum absolute atomic E-state index is 10.8. The highest BCUT2D eigenvalue weighted by atomic mass is 16.3. The molecule has 0 aromatic heterocycles. The molecule has 0 aliphatic heterocycles. The topological polar surface area (TPSA) is 63.3 Å². The molecule has 3 heteroatoms. The van der Waals surface area contributed by atoms with Gasteiger partial charge in [0.25, 0.3) is 0 Å². The van der Waals surface area contributed by atoms with E-state index >= 15 is 0 Å². The summed E-state index contributed by atoms with van der Waals surface area (Å²) in [7, 11) is 0. The van der Waals surface area contributed by atoms with Crippen LogP contribution in [-0.2, 0) is 5.41 Å². The molecule has 0 spiro atoms. The molecule has 0 aliphatic carbocycles. The predicted molar refractivity (Wildman–Crippen MR) is 55.1 cm³/mol. The number of hydrogen-bond acceptors (Lipinski definition) is 2. The zero-order chi connectivity index (χ0) is 10.8. The van der Waals surface area contributed by atoms with Crippen molar-refractivity contribution in [1.29, 1.82) is 0 Å². The van der Waals surface area contributed by atoms with Gasteiger partial charge in [0.1, 0.15) is 0 Å². The van der Waals surface area contributed by atoms with Crippen LogP contribution >= 0.6 is 0 Å². The van der Waals surface area contributed by atoms with Gasteiger partial charge in [-0.1, -0.05) is 26.0 Å². The molecule has 1 aromatic carbocycles. The summed E-state index contributed by atoms with van der Waals surface area (Å²) in [5.41, 5.74) is 6.31. The van der Waals surface area contributed by atoms with Gasteiger partial charge in [-0.2, -0.15) is 0 Å². The van der Waals surface area contributed by atoms with Crippen LogP contribution in [0.3, 0.4) is 0 Å². The van der Waals surface area contributed by atoms with Crippen molar-refractivity contribution < 1.29 is 9.90 Å². The smallest absolute Gasteiger partial charge is 0.248 e. The van der Waals surface area contributed by atoms with E-state index in [2.05, 4.69) is 0 Å². The fourth-order valence-corrected chi connectivity index (χ4v) is 1.18. The summed E-state index contributed by atoms with van der Waals surface area (Å²) < 4.78 is 0. The first-order valence-electron chi connectivity index (χ1n) is 4.48. The zero-order valence-electron chi connectivity index (χ0n) is 8.45. The number of rotatable bonds is 3. The first kappa shape index (κ1) is 10.7. The number of hydrogen-bond donors (Lipinski definition) is 2. The third-order valence-electron chi connectivity index (χ3n) is 2.35. The van der Waals surface area contributed by atoms with Gasteiger partial charge in [0, 0.05) is 11.0 Å². The Morgan fingerprint density at radius 2 is 1.86 bits per heavy atom. The minimum Gasteiger partial charge on any atom is -0.395 e. The highest BCUT2D eigenvalue weighted by Crippen LogP contribution is 2.22. The van der Waals surface area contributed by atoms with Gasteiger partial charge in [0.15, 0.2) is 0 Å². The Labute approximate surface area is 83.6 Å². The third-order valence-corrected chi connectivity index (χ3v) is 2.35. The van der Waals surface area contributed by atoms with E-state index in [0.717, 1.165) is 5.56 Å². The molecule has 14 heavy (non-hydrogen) atoms. The number of primary amides is 1. The van der Waals surface area contributed by atoms with Crippen molar-refractivity contribution >= 4 is 5.91 Å². The number of aliphatic hydroxyl groups is 1. The molecule has 0 saturated heterocycles. The van der Waals surface area contributed by atoms with Gasteiger partial charge in [-0.05, 0) is 17.7 Å². The van der Waals surface area contributed by atoms with Crippen molar-refractivity contribution in [2.24, 2.45) is 5.73 Å². The van der Waals surface area contributed by atoms with Crippen molar-refractivity contribution in [3.8, 4) is 0 Å². The van der Waals surface area contributed by atoms with Gasteiger partial charge in [0.2, 0.25) is 5.91 Å². The average molecular weight is 193 g/mol. The molecule has 1 rings (SSSR count). The van der Waals surface area contributed by atoms with Crippen LogP contribution < -0.4 is 5.73 Å². The molecule has 1 aromatic rings. The number of aliphatic hydroxyl groups excluding tert-OH is 1. The van der Waals surface area contributed by atoms with Crippen molar-refractivity contribution in [2.75, 3.05) is 6.61 Å². The summed E-state index contributed by atoms with van der Waals surface area (Å²) in [6.45, 7) is 3.95. The fourth-order valence-electron chi connectivity index (χ4n) is 1.18. The molecule has 76 valence electrons. The van der Waals surface area contributed by atoms with E-state index in [1.54, 1.807) is 12.1 Å². The molecule has 0 fully saturated rings. The summed E-state index contributed by atoms with van der Waals surface area (Å²) in [5, 5.41) is 9.13. The number of carbonyl (C=O) groups is 1. The van der Waals surface area contributed by atoms with Gasteiger partial charge >= 0.3 is 0 Å². The van der Waals surface area contributed by atoms with Crippen LogP contribution in [0.1, 0.15) is 29.8 Å². The van der Waals surface area contributed by atoms with Crippen LogP contribution in [0.15, 0.2) is 24.3 Å². The highest BCUT2D eigenvalue weighted by Gasteiger charge is 2.19. The Morgan fingerprint density at radius 1 is 1.36 bits per heavy atom. The quantitative estimate of drug-likeness (QED) is 0.753. The van der Waals surface area contributed by atoms with Crippen LogP contribution in [0.2, 0.25) is 0 Å². The molecule has 3 N–H and O–H groups in total. The fraction of sp³-hybridized carbons (Fsp3) is 0.364. The van der Waals surface area contributed by atoms with Gasteiger partial charge < -0.3 is 10.8 Å². The van der Waals surface area contributed by atoms with Crippen molar-refractivity contribution in [3.05, 3.63) is 35.4 Å². The zero-order valence-corrected chi connectivity index (χ0v) is 8.45. The molecular formula is C11H15NO2. The van der Waals surface area contributed by atoms with Crippen molar-refractivity contribution in [2.45, 2.75) is 19.3 Å². The minimum atomic E-state index is -0.432. The second kappa shape index (κ2) is 3.80. The predicted octanol–water partition coefficient (Wildman–Crippen LogP) is 1.06. The molecule has 1 amide bonds. The van der Waals surface area contributed by atoms with Gasteiger partial charge in [-0.3, -0.25) is 4.79 Å². The Balaban J connectivity index is 2.99. The molecule has 0 atom stereocenters. The third kappa shape index (κ3) is 2.12. The monoisotopic (exact) mass is 193 g/mol. The molecular weight excluding hydrogens is 178 g/mol. The van der Waals surface area contributed by atoms with E-state index < -0.39 is 5.91 Å². The molecule has 0 heterocycles. The van der Waals surface area contributed by atoms with Crippen molar-refractivity contribution in [3.63, 3.8) is 0 Å². The number of amides is 1.